The fourth-order valence-electron chi connectivity index (χ4n) is 7.84. The zero-order valence-electron chi connectivity index (χ0n) is 18.1. The molecular formula is C26H40O. The van der Waals surface area contributed by atoms with Crippen molar-refractivity contribution in [3.63, 3.8) is 0 Å². The van der Waals surface area contributed by atoms with Crippen LogP contribution in [-0.2, 0) is 4.79 Å². The molecule has 0 radical (unpaired) electrons. The van der Waals surface area contributed by atoms with Gasteiger partial charge in [-0.2, -0.15) is 0 Å². The van der Waals surface area contributed by atoms with Gasteiger partial charge >= 0.3 is 0 Å². The molecule has 27 heavy (non-hydrogen) atoms. The van der Waals surface area contributed by atoms with Crippen LogP contribution < -0.4 is 0 Å². The van der Waals surface area contributed by atoms with Gasteiger partial charge in [-0.15, -0.1) is 0 Å². The predicted octanol–water partition coefficient (Wildman–Crippen LogP) is 7.13. The van der Waals surface area contributed by atoms with Gasteiger partial charge in [0, 0.05) is 5.41 Å². The summed E-state index contributed by atoms with van der Waals surface area (Å²) >= 11 is 0. The highest BCUT2D eigenvalue weighted by atomic mass is 16.1. The molecular weight excluding hydrogens is 328 g/mol. The van der Waals surface area contributed by atoms with E-state index >= 15 is 0 Å². The van der Waals surface area contributed by atoms with Gasteiger partial charge in [-0.05, 0) is 85.7 Å². The third kappa shape index (κ3) is 3.28. The lowest BCUT2D eigenvalue weighted by molar-refractivity contribution is -0.111. The van der Waals surface area contributed by atoms with E-state index in [9.17, 15) is 4.79 Å². The molecule has 150 valence electrons. The molecule has 1 nitrogen and oxygen atoms in total. The second-order valence-corrected chi connectivity index (χ2v) is 11.1. The Hall–Kier alpha value is -0.850. The van der Waals surface area contributed by atoms with E-state index in [4.69, 9.17) is 0 Å². The summed E-state index contributed by atoms with van der Waals surface area (Å²) in [7, 11) is 0. The predicted molar refractivity (Wildman–Crippen MR) is 113 cm³/mol. The summed E-state index contributed by atoms with van der Waals surface area (Å²) < 4.78 is 0. The van der Waals surface area contributed by atoms with Gasteiger partial charge in [-0.25, -0.2) is 0 Å². The Morgan fingerprint density at radius 1 is 1.11 bits per heavy atom. The van der Waals surface area contributed by atoms with Gasteiger partial charge in [-0.3, -0.25) is 4.79 Å². The Morgan fingerprint density at radius 2 is 1.93 bits per heavy atom. The molecule has 0 aromatic heterocycles. The third-order valence-electron chi connectivity index (χ3n) is 9.27. The number of hydrogen-bond acceptors (Lipinski definition) is 1. The van der Waals surface area contributed by atoms with E-state index in [-0.39, 0.29) is 11.2 Å². The fourth-order valence-corrected chi connectivity index (χ4v) is 7.84. The summed E-state index contributed by atoms with van der Waals surface area (Å²) in [6, 6.07) is 0. The summed E-state index contributed by atoms with van der Waals surface area (Å²) in [5, 5.41) is 0. The summed E-state index contributed by atoms with van der Waals surface area (Å²) in [6.45, 7) is 9.77. The van der Waals surface area contributed by atoms with Gasteiger partial charge in [0.15, 0.2) is 5.78 Å². The van der Waals surface area contributed by atoms with Crippen molar-refractivity contribution in [3.8, 4) is 0 Å². The molecule has 6 unspecified atom stereocenters. The summed E-state index contributed by atoms with van der Waals surface area (Å²) in [5.74, 6) is 4.70. The van der Waals surface area contributed by atoms with Crippen LogP contribution in [0.2, 0.25) is 0 Å². The molecule has 6 atom stereocenters. The van der Waals surface area contributed by atoms with Crippen molar-refractivity contribution in [2.24, 2.45) is 40.4 Å². The van der Waals surface area contributed by atoms with Crippen LogP contribution in [0.4, 0.5) is 0 Å². The van der Waals surface area contributed by atoms with Crippen LogP contribution in [0, 0.1) is 40.4 Å². The number of hydrogen-bond donors (Lipinski definition) is 0. The number of rotatable bonds is 5. The first-order valence-corrected chi connectivity index (χ1v) is 11.8. The molecule has 1 heteroatoms. The van der Waals surface area contributed by atoms with Gasteiger partial charge in [0.1, 0.15) is 0 Å². The molecule has 0 N–H and O–H groups in total. The van der Waals surface area contributed by atoms with Crippen LogP contribution >= 0.6 is 0 Å². The molecule has 0 heterocycles. The first kappa shape index (κ1) is 19.5. The van der Waals surface area contributed by atoms with Crippen molar-refractivity contribution >= 4 is 5.78 Å². The molecule has 0 amide bonds. The molecule has 0 bridgehead atoms. The zero-order chi connectivity index (χ0) is 19.2. The number of fused-ring (bicyclic) bond motifs is 5. The first-order valence-electron chi connectivity index (χ1n) is 11.8. The van der Waals surface area contributed by atoms with Crippen LogP contribution in [0.5, 0.6) is 0 Å². The van der Waals surface area contributed by atoms with Crippen molar-refractivity contribution in [3.05, 3.63) is 23.8 Å². The quantitative estimate of drug-likeness (QED) is 0.472. The lowest BCUT2D eigenvalue weighted by atomic mass is 9.44. The van der Waals surface area contributed by atoms with Gasteiger partial charge in [-0.1, -0.05) is 65.0 Å². The monoisotopic (exact) mass is 368 g/mol. The number of carbonyl (C=O) groups excluding carboxylic acids is 1. The lowest BCUT2D eigenvalue weighted by Gasteiger charge is -2.60. The van der Waals surface area contributed by atoms with E-state index in [0.29, 0.717) is 5.41 Å². The van der Waals surface area contributed by atoms with E-state index in [1.54, 1.807) is 0 Å². The maximum atomic E-state index is 11.9. The maximum absolute atomic E-state index is 11.9. The summed E-state index contributed by atoms with van der Waals surface area (Å²) in [5.41, 5.74) is 2.05. The number of allylic oxidation sites excluding steroid dienone is 4. The van der Waals surface area contributed by atoms with Crippen LogP contribution in [-0.4, -0.2) is 5.78 Å². The smallest absolute Gasteiger partial charge is 0.178 e. The zero-order valence-corrected chi connectivity index (χ0v) is 18.1. The molecule has 4 aliphatic carbocycles. The van der Waals surface area contributed by atoms with Crippen molar-refractivity contribution < 1.29 is 4.79 Å². The molecule has 3 saturated carbocycles. The number of unbranched alkanes of at least 4 members (excludes halogenated alkanes) is 1. The average molecular weight is 369 g/mol. The van der Waals surface area contributed by atoms with Crippen LogP contribution in [0.15, 0.2) is 23.8 Å². The molecule has 0 spiro atoms. The standard InChI is InChI=1S/C26H40O/c1-18(2)7-5-6-8-19-9-11-23-22(19)10-12-24-25(3)16-14-21(27)17-20(25)13-15-26(23,24)4/h14,16-19,22-24H,5-13,15H2,1-4H3. The molecule has 0 aromatic carbocycles. The molecule has 0 saturated heterocycles. The van der Waals surface area contributed by atoms with E-state index < -0.39 is 0 Å². The normalized spacial score (nSPS) is 43.3. The number of carbonyl (C=O) groups is 1. The SMILES string of the molecule is CC(C)CCCCC1CCC2C1CCC1C3(C)C=CC(=O)C=C3CCC21C. The van der Waals surface area contributed by atoms with Crippen LogP contribution in [0.25, 0.3) is 0 Å². The topological polar surface area (TPSA) is 17.1 Å². The van der Waals surface area contributed by atoms with Gasteiger partial charge < -0.3 is 0 Å². The fraction of sp³-hybridized carbons (Fsp3) is 0.808. The average Bonchev–Trinajstić information content (AvgIpc) is 3.04. The minimum atomic E-state index is 0.140. The second-order valence-electron chi connectivity index (χ2n) is 11.1. The molecule has 4 rings (SSSR count). The lowest BCUT2D eigenvalue weighted by Crippen LogP contribution is -2.52. The molecule has 0 aliphatic heterocycles. The Bertz CT molecular complexity index is 641. The van der Waals surface area contributed by atoms with Crippen molar-refractivity contribution in [2.75, 3.05) is 0 Å². The Labute approximate surface area is 167 Å². The number of ketones is 1. The highest BCUT2D eigenvalue weighted by Crippen LogP contribution is 2.67. The van der Waals surface area contributed by atoms with Gasteiger partial charge in [0.2, 0.25) is 0 Å². The van der Waals surface area contributed by atoms with E-state index in [1.807, 2.05) is 12.2 Å². The van der Waals surface area contributed by atoms with Crippen molar-refractivity contribution in [1.82, 2.24) is 0 Å². The minimum absolute atomic E-state index is 0.140. The molecule has 0 aromatic rings. The summed E-state index contributed by atoms with van der Waals surface area (Å²) in [4.78, 5) is 11.9. The Morgan fingerprint density at radius 3 is 2.70 bits per heavy atom. The first-order chi connectivity index (χ1) is 12.8. The maximum Gasteiger partial charge on any atom is 0.178 e. The van der Waals surface area contributed by atoms with Gasteiger partial charge in [0.25, 0.3) is 0 Å². The largest absolute Gasteiger partial charge is 0.290 e. The second kappa shape index (κ2) is 7.20. The highest BCUT2D eigenvalue weighted by Gasteiger charge is 2.59. The highest BCUT2D eigenvalue weighted by molar-refractivity contribution is 6.01. The molecule has 3 fully saturated rings. The third-order valence-corrected chi connectivity index (χ3v) is 9.27. The van der Waals surface area contributed by atoms with E-state index in [0.717, 1.165) is 36.0 Å². The Kier molecular flexibility index (Phi) is 5.19. The van der Waals surface area contributed by atoms with E-state index in [1.165, 1.54) is 63.4 Å². The van der Waals surface area contributed by atoms with Crippen LogP contribution in [0.3, 0.4) is 0 Å². The van der Waals surface area contributed by atoms with E-state index in [2.05, 4.69) is 33.8 Å². The molecule has 4 aliphatic rings. The summed E-state index contributed by atoms with van der Waals surface area (Å²) in [6.07, 6.45) is 20.1. The Balaban J connectivity index is 1.47. The van der Waals surface area contributed by atoms with Crippen molar-refractivity contribution in [2.45, 2.75) is 91.9 Å². The van der Waals surface area contributed by atoms with Crippen molar-refractivity contribution in [1.29, 1.82) is 0 Å². The van der Waals surface area contributed by atoms with Crippen LogP contribution in [0.1, 0.15) is 91.9 Å². The minimum Gasteiger partial charge on any atom is -0.290 e. The van der Waals surface area contributed by atoms with Gasteiger partial charge in [0.05, 0.1) is 0 Å².